The van der Waals surface area contributed by atoms with Gasteiger partial charge in [-0.25, -0.2) is 19.0 Å². The predicted molar refractivity (Wildman–Crippen MR) is 138 cm³/mol. The smallest absolute Gasteiger partial charge is 0.348 e. The maximum absolute atomic E-state index is 13.8. The standard InChI is InChI=1S/C26H32N2O7S/c1-7-15(3)35-18(17-12-10-9-11-13-17)14-27-22-19(16(4)20(36-22)23(30)34-8-2)21(29)28(25(27)33)26(5,6)24(31)32/h9-13,15,18H,7-8,14H2,1-6H3,(H,31,32)/t15-,18+/m1/s1. The molecule has 0 aliphatic rings. The summed E-state index contributed by atoms with van der Waals surface area (Å²) in [6.07, 6.45) is 0.0573. The molecule has 2 atom stereocenters. The molecule has 0 saturated heterocycles. The number of carbonyl (C=O) groups is 2. The number of aryl methyl sites for hydroxylation is 1. The van der Waals surface area contributed by atoms with E-state index in [0.717, 1.165) is 27.9 Å². The Morgan fingerprint density at radius 1 is 1.14 bits per heavy atom. The van der Waals surface area contributed by atoms with Gasteiger partial charge in [0, 0.05) is 0 Å². The molecule has 2 aromatic heterocycles. The monoisotopic (exact) mass is 516 g/mol. The molecule has 3 rings (SSSR count). The molecule has 0 fully saturated rings. The van der Waals surface area contributed by atoms with Gasteiger partial charge in [0.2, 0.25) is 0 Å². The molecular formula is C26H32N2O7S. The second kappa shape index (κ2) is 10.8. The Balaban J connectivity index is 2.37. The normalized spacial score (nSPS) is 13.5. The van der Waals surface area contributed by atoms with Crippen LogP contribution >= 0.6 is 11.3 Å². The lowest BCUT2D eigenvalue weighted by molar-refractivity contribution is -0.146. The molecule has 0 aliphatic carbocycles. The minimum Gasteiger partial charge on any atom is -0.480 e. The highest BCUT2D eigenvalue weighted by Crippen LogP contribution is 2.31. The van der Waals surface area contributed by atoms with Crippen molar-refractivity contribution in [2.75, 3.05) is 6.61 Å². The number of aliphatic carboxylic acids is 1. The van der Waals surface area contributed by atoms with E-state index in [1.807, 2.05) is 44.2 Å². The predicted octanol–water partition coefficient (Wildman–Crippen LogP) is 4.09. The summed E-state index contributed by atoms with van der Waals surface area (Å²) >= 11 is 0.989. The molecule has 1 N–H and O–H groups in total. The number of rotatable bonds is 10. The van der Waals surface area contributed by atoms with Gasteiger partial charge in [-0.1, -0.05) is 37.3 Å². The van der Waals surface area contributed by atoms with Gasteiger partial charge in [-0.2, -0.15) is 0 Å². The lowest BCUT2D eigenvalue weighted by Crippen LogP contribution is -2.52. The molecule has 0 spiro atoms. The van der Waals surface area contributed by atoms with E-state index in [-0.39, 0.29) is 34.3 Å². The van der Waals surface area contributed by atoms with E-state index >= 15 is 0 Å². The van der Waals surface area contributed by atoms with Gasteiger partial charge < -0.3 is 14.6 Å². The molecule has 0 amide bonds. The molecule has 0 aliphatic heterocycles. The largest absolute Gasteiger partial charge is 0.480 e. The van der Waals surface area contributed by atoms with Gasteiger partial charge in [0.25, 0.3) is 5.56 Å². The number of carboxylic acid groups (broad SMARTS) is 1. The first-order valence-corrected chi connectivity index (χ1v) is 12.7. The molecule has 0 saturated carbocycles. The Morgan fingerprint density at radius 2 is 1.78 bits per heavy atom. The third-order valence-corrected chi connectivity index (χ3v) is 7.54. The van der Waals surface area contributed by atoms with E-state index in [9.17, 15) is 24.3 Å². The average Bonchev–Trinajstić information content (AvgIpc) is 3.18. The molecule has 0 radical (unpaired) electrons. The maximum atomic E-state index is 13.8. The van der Waals surface area contributed by atoms with E-state index in [1.165, 1.54) is 18.4 Å². The maximum Gasteiger partial charge on any atom is 0.348 e. The van der Waals surface area contributed by atoms with Crippen molar-refractivity contribution in [3.63, 3.8) is 0 Å². The summed E-state index contributed by atoms with van der Waals surface area (Å²) in [6.45, 7) is 9.95. The van der Waals surface area contributed by atoms with Gasteiger partial charge in [-0.05, 0) is 52.2 Å². The van der Waals surface area contributed by atoms with Crippen LogP contribution in [0.2, 0.25) is 0 Å². The van der Waals surface area contributed by atoms with Crippen molar-refractivity contribution in [1.82, 2.24) is 9.13 Å². The van der Waals surface area contributed by atoms with Gasteiger partial charge in [-0.15, -0.1) is 11.3 Å². The van der Waals surface area contributed by atoms with Crippen molar-refractivity contribution >= 4 is 33.5 Å². The summed E-state index contributed by atoms with van der Waals surface area (Å²) in [6, 6.07) is 9.37. The molecular weight excluding hydrogens is 484 g/mol. The number of nitrogens with zero attached hydrogens (tertiary/aromatic N) is 2. The van der Waals surface area contributed by atoms with Crippen LogP contribution in [0.15, 0.2) is 39.9 Å². The number of fused-ring (bicyclic) bond motifs is 1. The van der Waals surface area contributed by atoms with Crippen molar-refractivity contribution < 1.29 is 24.2 Å². The quantitative estimate of drug-likeness (QED) is 0.404. The fraction of sp³-hybridized carbons (Fsp3) is 0.462. The number of ether oxygens (including phenoxy) is 2. The van der Waals surface area contributed by atoms with Crippen LogP contribution in [0.1, 0.15) is 67.9 Å². The summed E-state index contributed by atoms with van der Waals surface area (Å²) < 4.78 is 13.5. The number of thiophene rings is 1. The first kappa shape index (κ1) is 27.3. The van der Waals surface area contributed by atoms with Crippen LogP contribution in [0.5, 0.6) is 0 Å². The molecule has 0 unspecified atom stereocenters. The highest BCUT2D eigenvalue weighted by molar-refractivity contribution is 7.20. The van der Waals surface area contributed by atoms with E-state index in [4.69, 9.17) is 9.47 Å². The molecule has 36 heavy (non-hydrogen) atoms. The Hall–Kier alpha value is -3.24. The number of esters is 1. The van der Waals surface area contributed by atoms with Gasteiger partial charge in [0.05, 0.1) is 24.6 Å². The number of benzene rings is 1. The fourth-order valence-electron chi connectivity index (χ4n) is 3.92. The Bertz CT molecular complexity index is 1390. The molecule has 10 heteroatoms. The van der Waals surface area contributed by atoms with Crippen LogP contribution in [0.3, 0.4) is 0 Å². The zero-order valence-corrected chi connectivity index (χ0v) is 22.2. The van der Waals surface area contributed by atoms with Crippen LogP contribution in [-0.4, -0.2) is 38.9 Å². The number of hydrogen-bond donors (Lipinski definition) is 1. The Kier molecular flexibility index (Phi) is 8.20. The van der Waals surface area contributed by atoms with Gasteiger partial charge in [0.1, 0.15) is 21.4 Å². The third-order valence-electron chi connectivity index (χ3n) is 6.25. The molecule has 1 aromatic carbocycles. The zero-order valence-electron chi connectivity index (χ0n) is 21.4. The molecule has 0 bridgehead atoms. The lowest BCUT2D eigenvalue weighted by atomic mass is 10.1. The summed E-state index contributed by atoms with van der Waals surface area (Å²) in [5.74, 6) is -1.93. The molecule has 3 aromatic rings. The highest BCUT2D eigenvalue weighted by Gasteiger charge is 2.36. The number of carbonyl (C=O) groups excluding carboxylic acids is 1. The molecule has 2 heterocycles. The van der Waals surface area contributed by atoms with Crippen molar-refractivity contribution in [1.29, 1.82) is 0 Å². The SMILES string of the molecule is CCOC(=O)c1sc2c(c1C)c(=O)n(C(C)(C)C(=O)O)c(=O)n2C[C@H](O[C@H](C)CC)c1ccccc1. The minimum atomic E-state index is -1.83. The van der Waals surface area contributed by atoms with Crippen molar-refractivity contribution in [3.05, 3.63) is 67.2 Å². The van der Waals surface area contributed by atoms with Crippen molar-refractivity contribution in [3.8, 4) is 0 Å². The second-order valence-electron chi connectivity index (χ2n) is 9.11. The number of aromatic nitrogens is 2. The van der Waals surface area contributed by atoms with Crippen LogP contribution in [0, 0.1) is 6.92 Å². The first-order valence-electron chi connectivity index (χ1n) is 11.9. The molecule has 9 nitrogen and oxygen atoms in total. The third kappa shape index (κ3) is 5.01. The van der Waals surface area contributed by atoms with Crippen LogP contribution in [0.4, 0.5) is 0 Å². The summed E-state index contributed by atoms with van der Waals surface area (Å²) in [7, 11) is 0. The van der Waals surface area contributed by atoms with E-state index in [1.54, 1.807) is 13.8 Å². The molecule has 194 valence electrons. The van der Waals surface area contributed by atoms with Crippen LogP contribution in [-0.2, 0) is 26.4 Å². The van der Waals surface area contributed by atoms with Crippen molar-refractivity contribution in [2.24, 2.45) is 0 Å². The number of hydrogen-bond acceptors (Lipinski definition) is 7. The van der Waals surface area contributed by atoms with Crippen LogP contribution in [0.25, 0.3) is 10.2 Å². The van der Waals surface area contributed by atoms with Crippen LogP contribution < -0.4 is 11.2 Å². The van der Waals surface area contributed by atoms with Crippen molar-refractivity contribution in [2.45, 2.75) is 72.3 Å². The van der Waals surface area contributed by atoms with Gasteiger partial charge in [-0.3, -0.25) is 9.36 Å². The lowest BCUT2D eigenvalue weighted by Gasteiger charge is -2.26. The summed E-state index contributed by atoms with van der Waals surface area (Å²) in [5, 5.41) is 9.96. The highest BCUT2D eigenvalue weighted by atomic mass is 32.1. The number of carboxylic acids is 1. The Labute approximate surface area is 212 Å². The first-order chi connectivity index (χ1) is 16.9. The topological polar surface area (TPSA) is 117 Å². The average molecular weight is 517 g/mol. The van der Waals surface area contributed by atoms with E-state index < -0.39 is 34.8 Å². The summed E-state index contributed by atoms with van der Waals surface area (Å²) in [5.41, 5.74) is -2.21. The second-order valence-corrected chi connectivity index (χ2v) is 10.1. The van der Waals surface area contributed by atoms with E-state index in [2.05, 4.69) is 0 Å². The fourth-order valence-corrected chi connectivity index (χ4v) is 5.12. The van der Waals surface area contributed by atoms with Gasteiger partial charge in [0.15, 0.2) is 0 Å². The van der Waals surface area contributed by atoms with E-state index in [0.29, 0.717) is 5.56 Å². The zero-order chi connectivity index (χ0) is 26.8. The van der Waals surface area contributed by atoms with Gasteiger partial charge >= 0.3 is 17.6 Å². The summed E-state index contributed by atoms with van der Waals surface area (Å²) in [4.78, 5) is 52.5. The Morgan fingerprint density at radius 3 is 2.33 bits per heavy atom. The minimum absolute atomic E-state index is 0.0158.